The van der Waals surface area contributed by atoms with Crippen LogP contribution < -0.4 is 4.90 Å². The van der Waals surface area contributed by atoms with Gasteiger partial charge < -0.3 is 4.90 Å². The van der Waals surface area contributed by atoms with Crippen LogP contribution >= 0.6 is 11.8 Å². The highest BCUT2D eigenvalue weighted by Gasteiger charge is 2.32. The lowest BCUT2D eigenvalue weighted by atomic mass is 10.1. The van der Waals surface area contributed by atoms with Crippen LogP contribution in [0, 0.1) is 29.9 Å². The van der Waals surface area contributed by atoms with Gasteiger partial charge in [0.25, 0.3) is 5.69 Å². The number of amides is 1. The molecule has 2 rings (SSSR count). The van der Waals surface area contributed by atoms with Gasteiger partial charge in [-0.1, -0.05) is 11.8 Å². The maximum atomic E-state index is 12.2. The predicted molar refractivity (Wildman–Crippen MR) is 86.2 cm³/mol. The molecule has 1 unspecified atom stereocenters. The number of anilines is 1. The van der Waals surface area contributed by atoms with Gasteiger partial charge >= 0.3 is 0 Å². The Morgan fingerprint density at radius 2 is 2.09 bits per heavy atom. The average molecular weight is 322 g/mol. The van der Waals surface area contributed by atoms with Gasteiger partial charge in [0, 0.05) is 37.3 Å². The Labute approximate surface area is 133 Å². The van der Waals surface area contributed by atoms with E-state index in [1.54, 1.807) is 17.9 Å². The zero-order chi connectivity index (χ0) is 16.4. The van der Waals surface area contributed by atoms with Gasteiger partial charge in [-0.05, 0) is 31.4 Å². The van der Waals surface area contributed by atoms with Gasteiger partial charge in [-0.25, -0.2) is 0 Å². The van der Waals surface area contributed by atoms with Crippen LogP contribution in [0.4, 0.5) is 11.4 Å². The summed E-state index contributed by atoms with van der Waals surface area (Å²) in [7, 11) is 0. The lowest BCUT2D eigenvalue weighted by Crippen LogP contribution is -2.25. The molecule has 0 bridgehead atoms. The molecule has 1 atom stereocenters. The monoisotopic (exact) mass is 322 g/mol. The number of aryl methyl sites for hydroxylation is 2. The number of rotatable bonds is 4. The predicted octanol–water partition coefficient (Wildman–Crippen LogP) is 2.84. The molecule has 0 aromatic heterocycles. The number of hydrogen-bond acceptors (Lipinski definition) is 5. The summed E-state index contributed by atoms with van der Waals surface area (Å²) < 4.78 is 0. The summed E-state index contributed by atoms with van der Waals surface area (Å²) in [6, 6.07) is 3.21. The zero-order valence-corrected chi connectivity index (χ0v) is 13.6. The van der Waals surface area contributed by atoms with Gasteiger partial charge in [-0.3, -0.25) is 19.7 Å². The quantitative estimate of drug-likeness (QED) is 0.629. The molecule has 0 saturated carbocycles. The molecule has 1 aromatic carbocycles. The van der Waals surface area contributed by atoms with Gasteiger partial charge in [0.1, 0.15) is 0 Å². The van der Waals surface area contributed by atoms with Gasteiger partial charge in [0.15, 0.2) is 5.12 Å². The number of nitro groups is 1. The van der Waals surface area contributed by atoms with E-state index in [0.29, 0.717) is 30.0 Å². The first-order chi connectivity index (χ1) is 10.3. The number of carbonyl (C=O) groups is 2. The number of thioether (sulfide) groups is 1. The summed E-state index contributed by atoms with van der Waals surface area (Å²) in [6.45, 7) is 5.54. The normalized spacial score (nSPS) is 17.9. The second-order valence-electron chi connectivity index (χ2n) is 5.56. The highest BCUT2D eigenvalue weighted by molar-refractivity contribution is 8.13. The number of carbonyl (C=O) groups excluding carboxylic acids is 2. The summed E-state index contributed by atoms with van der Waals surface area (Å²) in [4.78, 5) is 35.5. The number of hydrogen-bond donors (Lipinski definition) is 0. The molecule has 1 heterocycles. The van der Waals surface area contributed by atoms with E-state index in [1.165, 1.54) is 24.8 Å². The Balaban J connectivity index is 2.24. The maximum absolute atomic E-state index is 12.2. The first kappa shape index (κ1) is 16.5. The van der Waals surface area contributed by atoms with Crippen molar-refractivity contribution in [1.29, 1.82) is 0 Å². The van der Waals surface area contributed by atoms with Gasteiger partial charge in [-0.15, -0.1) is 0 Å². The van der Waals surface area contributed by atoms with Gasteiger partial charge in [0.2, 0.25) is 5.91 Å². The van der Waals surface area contributed by atoms with E-state index in [1.807, 2.05) is 6.92 Å². The number of benzene rings is 1. The van der Waals surface area contributed by atoms with E-state index >= 15 is 0 Å². The summed E-state index contributed by atoms with van der Waals surface area (Å²) in [5.74, 6) is 0.654. The Kier molecular flexibility index (Phi) is 4.85. The second-order valence-corrected chi connectivity index (χ2v) is 6.76. The molecule has 0 radical (unpaired) electrons. The summed E-state index contributed by atoms with van der Waals surface area (Å²) >= 11 is 1.22. The van der Waals surface area contributed by atoms with Crippen LogP contribution in [0.2, 0.25) is 0 Å². The van der Waals surface area contributed by atoms with E-state index in [2.05, 4.69) is 0 Å². The minimum atomic E-state index is -0.429. The van der Waals surface area contributed by atoms with Crippen LogP contribution in [0.5, 0.6) is 0 Å². The van der Waals surface area contributed by atoms with Crippen molar-refractivity contribution in [2.24, 2.45) is 5.92 Å². The fraction of sp³-hybridized carbons (Fsp3) is 0.467. The fourth-order valence-corrected chi connectivity index (χ4v) is 3.37. The molecule has 1 aromatic rings. The summed E-state index contributed by atoms with van der Waals surface area (Å²) in [6.07, 6.45) is 0.376. The molecule has 6 nitrogen and oxygen atoms in total. The Bertz CT molecular complexity index is 645. The van der Waals surface area contributed by atoms with Crippen LogP contribution in [0.1, 0.15) is 24.5 Å². The molecule has 1 saturated heterocycles. The van der Waals surface area contributed by atoms with E-state index < -0.39 is 4.92 Å². The van der Waals surface area contributed by atoms with Crippen LogP contribution in [0.25, 0.3) is 0 Å². The molecule has 1 amide bonds. The van der Waals surface area contributed by atoms with E-state index in [-0.39, 0.29) is 22.6 Å². The average Bonchev–Trinajstić information content (AvgIpc) is 2.77. The largest absolute Gasteiger partial charge is 0.312 e. The number of nitro benzene ring substituents is 1. The highest BCUT2D eigenvalue weighted by Crippen LogP contribution is 2.33. The van der Waals surface area contributed by atoms with Crippen molar-refractivity contribution in [2.45, 2.75) is 27.2 Å². The van der Waals surface area contributed by atoms with Crippen molar-refractivity contribution < 1.29 is 14.5 Å². The molecule has 0 N–H and O–H groups in total. The van der Waals surface area contributed by atoms with Crippen molar-refractivity contribution in [3.63, 3.8) is 0 Å². The van der Waals surface area contributed by atoms with E-state index in [0.717, 1.165) is 5.56 Å². The van der Waals surface area contributed by atoms with Crippen molar-refractivity contribution in [1.82, 2.24) is 0 Å². The van der Waals surface area contributed by atoms with E-state index in [9.17, 15) is 19.7 Å². The molecular weight excluding hydrogens is 304 g/mol. The standard InChI is InChI=1S/C15H18N2O4S/c1-9-4-10(2)14(17(20)21)6-13(9)16-7-12(5-15(16)19)8-22-11(3)18/h4,6,12H,5,7-8H2,1-3H3. The fourth-order valence-electron chi connectivity index (χ4n) is 2.68. The van der Waals surface area contributed by atoms with Crippen molar-refractivity contribution in [3.05, 3.63) is 33.4 Å². The zero-order valence-electron chi connectivity index (χ0n) is 12.8. The Morgan fingerprint density at radius 3 is 2.68 bits per heavy atom. The lowest BCUT2D eigenvalue weighted by molar-refractivity contribution is -0.385. The van der Waals surface area contributed by atoms with Crippen LogP contribution in [-0.4, -0.2) is 28.2 Å². The molecule has 1 fully saturated rings. The van der Waals surface area contributed by atoms with Crippen LogP contribution in [0.15, 0.2) is 12.1 Å². The minimum absolute atomic E-state index is 0.0231. The molecular formula is C15H18N2O4S. The van der Waals surface area contributed by atoms with Gasteiger partial charge in [-0.2, -0.15) is 0 Å². The molecule has 1 aliphatic rings. The van der Waals surface area contributed by atoms with Crippen molar-refractivity contribution in [2.75, 3.05) is 17.2 Å². The Hall–Kier alpha value is -1.89. The third-order valence-electron chi connectivity index (χ3n) is 3.73. The molecule has 22 heavy (non-hydrogen) atoms. The SMILES string of the molecule is CC(=O)SCC1CC(=O)N(c2cc([N+](=O)[O-])c(C)cc2C)C1. The molecule has 118 valence electrons. The molecule has 7 heteroatoms. The van der Waals surface area contributed by atoms with Crippen LogP contribution in [-0.2, 0) is 9.59 Å². The van der Waals surface area contributed by atoms with E-state index in [4.69, 9.17) is 0 Å². The first-order valence-corrected chi connectivity index (χ1v) is 7.97. The van der Waals surface area contributed by atoms with Crippen LogP contribution in [0.3, 0.4) is 0 Å². The highest BCUT2D eigenvalue weighted by atomic mass is 32.2. The molecule has 1 aliphatic heterocycles. The van der Waals surface area contributed by atoms with Gasteiger partial charge in [0.05, 0.1) is 10.6 Å². The summed E-state index contributed by atoms with van der Waals surface area (Å²) in [5.41, 5.74) is 2.05. The van der Waals surface area contributed by atoms with Crippen molar-refractivity contribution >= 4 is 34.2 Å². The molecule has 0 aliphatic carbocycles. The third kappa shape index (κ3) is 3.47. The molecule has 0 spiro atoms. The minimum Gasteiger partial charge on any atom is -0.312 e. The third-order valence-corrected chi connectivity index (χ3v) is 4.77. The lowest BCUT2D eigenvalue weighted by Gasteiger charge is -2.19. The Morgan fingerprint density at radius 1 is 1.41 bits per heavy atom. The summed E-state index contributed by atoms with van der Waals surface area (Å²) in [5, 5.41) is 11.1. The maximum Gasteiger partial charge on any atom is 0.274 e. The first-order valence-electron chi connectivity index (χ1n) is 6.99. The number of nitrogens with zero attached hydrogens (tertiary/aromatic N) is 2. The second kappa shape index (κ2) is 6.48. The smallest absolute Gasteiger partial charge is 0.274 e. The van der Waals surface area contributed by atoms with Crippen molar-refractivity contribution in [3.8, 4) is 0 Å². The topological polar surface area (TPSA) is 80.5 Å².